The summed E-state index contributed by atoms with van der Waals surface area (Å²) in [5.74, 6) is 1.10. The first-order valence-corrected chi connectivity index (χ1v) is 8.30. The number of piperidine rings is 1. The van der Waals surface area contributed by atoms with E-state index in [4.69, 9.17) is 0 Å². The molecule has 1 aliphatic rings. The molecule has 1 aromatic heterocycles. The predicted molar refractivity (Wildman–Crippen MR) is 91.8 cm³/mol. The Bertz CT molecular complexity index is 577. The molecular formula is C17H20BrN3. The minimum atomic E-state index is 0.798. The number of pyridine rings is 1. The lowest BCUT2D eigenvalue weighted by atomic mass is 10.1. The first-order valence-electron chi connectivity index (χ1n) is 7.51. The van der Waals surface area contributed by atoms with Crippen molar-refractivity contribution >= 4 is 27.4 Å². The van der Waals surface area contributed by atoms with Crippen LogP contribution in [-0.2, 0) is 6.54 Å². The van der Waals surface area contributed by atoms with Gasteiger partial charge in [0.1, 0.15) is 5.82 Å². The predicted octanol–water partition coefficient (Wildman–Crippen LogP) is 4.45. The van der Waals surface area contributed by atoms with Crippen LogP contribution in [0.25, 0.3) is 0 Å². The van der Waals surface area contributed by atoms with Gasteiger partial charge in [-0.3, -0.25) is 0 Å². The number of hydrogen-bond donors (Lipinski definition) is 1. The van der Waals surface area contributed by atoms with Gasteiger partial charge in [-0.1, -0.05) is 34.1 Å². The molecule has 0 saturated carbocycles. The normalized spacial score (nSPS) is 15.0. The van der Waals surface area contributed by atoms with Crippen molar-refractivity contribution in [1.29, 1.82) is 0 Å². The molecule has 1 N–H and O–H groups in total. The van der Waals surface area contributed by atoms with E-state index in [1.807, 2.05) is 12.3 Å². The molecule has 110 valence electrons. The van der Waals surface area contributed by atoms with Crippen molar-refractivity contribution in [3.63, 3.8) is 0 Å². The molecule has 0 spiro atoms. The summed E-state index contributed by atoms with van der Waals surface area (Å²) in [6.45, 7) is 3.07. The second-order valence-corrected chi connectivity index (χ2v) is 6.25. The van der Waals surface area contributed by atoms with Crippen LogP contribution in [0.4, 0.5) is 11.5 Å². The maximum Gasteiger partial charge on any atom is 0.128 e. The van der Waals surface area contributed by atoms with Gasteiger partial charge in [0, 0.05) is 24.1 Å². The maximum absolute atomic E-state index is 4.59. The summed E-state index contributed by atoms with van der Waals surface area (Å²) < 4.78 is 1.13. The van der Waals surface area contributed by atoms with Crippen molar-refractivity contribution in [1.82, 2.24) is 4.98 Å². The smallest absolute Gasteiger partial charge is 0.128 e. The molecule has 0 bridgehead atoms. The Balaban J connectivity index is 1.60. The summed E-state index contributed by atoms with van der Waals surface area (Å²) in [5, 5.41) is 3.42. The third-order valence-corrected chi connectivity index (χ3v) is 4.64. The molecule has 4 heteroatoms. The standard InChI is InChI=1S/C17H20BrN3/c18-16-7-3-2-6-14(16)12-19-15-8-9-17(20-13-15)21-10-4-1-5-11-21/h2-3,6-9,13,19H,1,4-5,10-12H2. The zero-order chi connectivity index (χ0) is 14.5. The molecule has 0 radical (unpaired) electrons. The van der Waals surface area contributed by atoms with Crippen LogP contribution in [0, 0.1) is 0 Å². The summed E-state index contributed by atoms with van der Waals surface area (Å²) in [6.07, 6.45) is 5.84. The van der Waals surface area contributed by atoms with Gasteiger partial charge in [-0.25, -0.2) is 4.98 Å². The quantitative estimate of drug-likeness (QED) is 0.887. The summed E-state index contributed by atoms with van der Waals surface area (Å²) >= 11 is 3.57. The minimum absolute atomic E-state index is 0.798. The van der Waals surface area contributed by atoms with Crippen LogP contribution in [0.3, 0.4) is 0 Å². The number of nitrogens with zero attached hydrogens (tertiary/aromatic N) is 2. The van der Waals surface area contributed by atoms with E-state index in [1.54, 1.807) is 0 Å². The van der Waals surface area contributed by atoms with Gasteiger partial charge in [0.25, 0.3) is 0 Å². The highest BCUT2D eigenvalue weighted by Crippen LogP contribution is 2.20. The molecule has 3 nitrogen and oxygen atoms in total. The fraction of sp³-hybridized carbons (Fsp3) is 0.353. The van der Waals surface area contributed by atoms with Gasteiger partial charge in [0.15, 0.2) is 0 Å². The van der Waals surface area contributed by atoms with Crippen LogP contribution < -0.4 is 10.2 Å². The first-order chi connectivity index (χ1) is 10.3. The average molecular weight is 346 g/mol. The van der Waals surface area contributed by atoms with Gasteiger partial charge in [0.05, 0.1) is 11.9 Å². The van der Waals surface area contributed by atoms with E-state index >= 15 is 0 Å². The van der Waals surface area contributed by atoms with E-state index in [0.29, 0.717) is 0 Å². The number of hydrogen-bond acceptors (Lipinski definition) is 3. The van der Waals surface area contributed by atoms with Crippen LogP contribution in [0.2, 0.25) is 0 Å². The van der Waals surface area contributed by atoms with Crippen LogP contribution >= 0.6 is 15.9 Å². The number of benzene rings is 1. The van der Waals surface area contributed by atoms with Crippen molar-refractivity contribution in [3.05, 3.63) is 52.6 Å². The summed E-state index contributed by atoms with van der Waals surface area (Å²) in [5.41, 5.74) is 2.31. The van der Waals surface area contributed by atoms with E-state index in [0.717, 1.165) is 35.6 Å². The lowest BCUT2D eigenvalue weighted by Crippen LogP contribution is -2.30. The lowest BCUT2D eigenvalue weighted by Gasteiger charge is -2.27. The second-order valence-electron chi connectivity index (χ2n) is 5.40. The minimum Gasteiger partial charge on any atom is -0.380 e. The van der Waals surface area contributed by atoms with Gasteiger partial charge in [-0.05, 0) is 43.0 Å². The summed E-state index contributed by atoms with van der Waals surface area (Å²) in [6, 6.07) is 12.5. The average Bonchev–Trinajstić information content (AvgIpc) is 2.55. The van der Waals surface area contributed by atoms with Gasteiger partial charge in [-0.2, -0.15) is 0 Å². The molecule has 0 atom stereocenters. The Morgan fingerprint density at radius 1 is 1.05 bits per heavy atom. The Kier molecular flexibility index (Phi) is 4.76. The SMILES string of the molecule is Brc1ccccc1CNc1ccc(N2CCCCC2)nc1. The highest BCUT2D eigenvalue weighted by atomic mass is 79.9. The molecule has 1 aromatic carbocycles. The van der Waals surface area contributed by atoms with Crippen LogP contribution in [0.5, 0.6) is 0 Å². The molecule has 0 amide bonds. The molecule has 0 aliphatic carbocycles. The van der Waals surface area contributed by atoms with E-state index in [2.05, 4.69) is 61.5 Å². The number of rotatable bonds is 4. The number of halogens is 1. The Labute approximate surface area is 134 Å². The third kappa shape index (κ3) is 3.76. The molecule has 2 aromatic rings. The zero-order valence-electron chi connectivity index (χ0n) is 12.1. The highest BCUT2D eigenvalue weighted by molar-refractivity contribution is 9.10. The molecule has 1 fully saturated rings. The molecule has 2 heterocycles. The number of anilines is 2. The molecule has 0 unspecified atom stereocenters. The second kappa shape index (κ2) is 6.94. The largest absolute Gasteiger partial charge is 0.380 e. The third-order valence-electron chi connectivity index (χ3n) is 3.87. The zero-order valence-corrected chi connectivity index (χ0v) is 13.6. The van der Waals surface area contributed by atoms with E-state index in [1.165, 1.54) is 24.8 Å². The van der Waals surface area contributed by atoms with Gasteiger partial charge in [0.2, 0.25) is 0 Å². The van der Waals surface area contributed by atoms with Crippen LogP contribution in [-0.4, -0.2) is 18.1 Å². The topological polar surface area (TPSA) is 28.2 Å². The molecule has 3 rings (SSSR count). The molecule has 1 saturated heterocycles. The molecular weight excluding hydrogens is 326 g/mol. The summed E-state index contributed by atoms with van der Waals surface area (Å²) in [4.78, 5) is 6.96. The Hall–Kier alpha value is -1.55. The van der Waals surface area contributed by atoms with Crippen molar-refractivity contribution in [3.8, 4) is 0 Å². The van der Waals surface area contributed by atoms with Crippen LogP contribution in [0.15, 0.2) is 47.1 Å². The molecule has 1 aliphatic heterocycles. The monoisotopic (exact) mass is 345 g/mol. The highest BCUT2D eigenvalue weighted by Gasteiger charge is 2.11. The van der Waals surface area contributed by atoms with Crippen molar-refractivity contribution in [2.24, 2.45) is 0 Å². The Morgan fingerprint density at radius 3 is 2.57 bits per heavy atom. The van der Waals surface area contributed by atoms with Crippen molar-refractivity contribution < 1.29 is 0 Å². The van der Waals surface area contributed by atoms with E-state index in [9.17, 15) is 0 Å². The van der Waals surface area contributed by atoms with E-state index < -0.39 is 0 Å². The van der Waals surface area contributed by atoms with E-state index in [-0.39, 0.29) is 0 Å². The van der Waals surface area contributed by atoms with Crippen molar-refractivity contribution in [2.45, 2.75) is 25.8 Å². The summed E-state index contributed by atoms with van der Waals surface area (Å²) in [7, 11) is 0. The fourth-order valence-electron chi connectivity index (χ4n) is 2.64. The fourth-order valence-corrected chi connectivity index (χ4v) is 3.06. The number of aromatic nitrogens is 1. The first kappa shape index (κ1) is 14.4. The van der Waals surface area contributed by atoms with Gasteiger partial charge >= 0.3 is 0 Å². The Morgan fingerprint density at radius 2 is 1.86 bits per heavy atom. The number of nitrogens with one attached hydrogen (secondary N) is 1. The lowest BCUT2D eigenvalue weighted by molar-refractivity contribution is 0.573. The van der Waals surface area contributed by atoms with Crippen LogP contribution in [0.1, 0.15) is 24.8 Å². The van der Waals surface area contributed by atoms with Gasteiger partial charge in [-0.15, -0.1) is 0 Å². The van der Waals surface area contributed by atoms with Gasteiger partial charge < -0.3 is 10.2 Å². The van der Waals surface area contributed by atoms with Crippen molar-refractivity contribution in [2.75, 3.05) is 23.3 Å². The maximum atomic E-state index is 4.59. The molecule has 21 heavy (non-hydrogen) atoms.